The van der Waals surface area contributed by atoms with Gasteiger partial charge in [0.1, 0.15) is 16.5 Å². The maximum atomic E-state index is 12.9. The minimum atomic E-state index is -4.41. The number of aromatic nitrogens is 2. The van der Waals surface area contributed by atoms with Gasteiger partial charge in [-0.3, -0.25) is 4.79 Å². The maximum absolute atomic E-state index is 12.9. The van der Waals surface area contributed by atoms with E-state index in [0.29, 0.717) is 26.2 Å². The van der Waals surface area contributed by atoms with E-state index in [4.69, 9.17) is 9.97 Å². The zero-order chi connectivity index (χ0) is 24.6. The lowest BCUT2D eigenvalue weighted by Crippen LogP contribution is -2.49. The fourth-order valence-electron chi connectivity index (χ4n) is 4.96. The summed E-state index contributed by atoms with van der Waals surface area (Å²) >= 11 is 1.81. The van der Waals surface area contributed by atoms with Crippen molar-refractivity contribution in [3.63, 3.8) is 0 Å². The Morgan fingerprint density at radius 2 is 1.74 bits per heavy atom. The summed E-state index contributed by atoms with van der Waals surface area (Å²) in [5.74, 6) is 1.64. The number of aryl methyl sites for hydroxylation is 3. The van der Waals surface area contributed by atoms with E-state index in [9.17, 15) is 18.0 Å². The van der Waals surface area contributed by atoms with E-state index in [-0.39, 0.29) is 11.5 Å². The van der Waals surface area contributed by atoms with Gasteiger partial charge < -0.3 is 9.80 Å². The molecule has 5 nitrogen and oxygen atoms in total. The monoisotopic (exact) mass is 502 g/mol. The highest BCUT2D eigenvalue weighted by molar-refractivity contribution is 7.19. The smallest absolute Gasteiger partial charge is 0.352 e. The van der Waals surface area contributed by atoms with Gasteiger partial charge in [0.2, 0.25) is 0 Å². The Hall–Kier alpha value is -2.68. The van der Waals surface area contributed by atoms with Crippen LogP contribution in [0.25, 0.3) is 10.2 Å². The second kappa shape index (κ2) is 9.76. The first-order valence-electron chi connectivity index (χ1n) is 12.4. The fraction of sp³-hybridized carbons (Fsp3) is 0.500. The first-order valence-corrected chi connectivity index (χ1v) is 13.2. The summed E-state index contributed by atoms with van der Waals surface area (Å²) in [4.78, 5) is 29.4. The third-order valence-corrected chi connectivity index (χ3v) is 8.11. The van der Waals surface area contributed by atoms with E-state index in [1.807, 2.05) is 11.3 Å². The number of unbranched alkanes of at least 4 members (excludes halogenated alkanes) is 1. The van der Waals surface area contributed by atoms with Gasteiger partial charge in [0.25, 0.3) is 5.91 Å². The highest BCUT2D eigenvalue weighted by atomic mass is 32.1. The number of hydrogen-bond donors (Lipinski definition) is 0. The van der Waals surface area contributed by atoms with Crippen LogP contribution in [0, 0.1) is 0 Å². The number of alkyl halides is 3. The number of nitrogens with zero attached hydrogens (tertiary/aromatic N) is 4. The molecule has 1 aromatic carbocycles. The molecule has 1 amide bonds. The molecule has 186 valence electrons. The lowest BCUT2D eigenvalue weighted by Gasteiger charge is -2.36. The summed E-state index contributed by atoms with van der Waals surface area (Å²) in [7, 11) is 0. The molecule has 9 heteroatoms. The second-order valence-electron chi connectivity index (χ2n) is 9.31. The molecule has 0 bridgehead atoms. The molecular weight excluding hydrogens is 473 g/mol. The number of halogens is 3. The Bertz CT molecular complexity index is 1210. The SMILES string of the molecule is CCCCc1nc(N2CCN(C(=O)c3ccc(C(F)(F)F)cc3)CC2)c2c3c(sc2n1)CCCC3. The van der Waals surface area contributed by atoms with E-state index in [1.165, 1.54) is 40.8 Å². The predicted octanol–water partition coefficient (Wildman–Crippen LogP) is 5.89. The van der Waals surface area contributed by atoms with Crippen LogP contribution in [-0.2, 0) is 25.4 Å². The van der Waals surface area contributed by atoms with Crippen molar-refractivity contribution >= 4 is 33.3 Å². The predicted molar refractivity (Wildman–Crippen MR) is 132 cm³/mol. The van der Waals surface area contributed by atoms with Gasteiger partial charge in [-0.25, -0.2) is 9.97 Å². The Labute approximate surface area is 207 Å². The summed E-state index contributed by atoms with van der Waals surface area (Å²) in [6.45, 7) is 4.44. The molecule has 1 aliphatic heterocycles. The van der Waals surface area contributed by atoms with Crippen LogP contribution in [0.1, 0.15) is 64.8 Å². The molecule has 0 N–H and O–H groups in total. The van der Waals surface area contributed by atoms with E-state index >= 15 is 0 Å². The normalized spacial score (nSPS) is 16.6. The van der Waals surface area contributed by atoms with Gasteiger partial charge in [0.15, 0.2) is 0 Å². The van der Waals surface area contributed by atoms with Crippen molar-refractivity contribution in [2.75, 3.05) is 31.1 Å². The van der Waals surface area contributed by atoms with Crippen molar-refractivity contribution in [2.24, 2.45) is 0 Å². The third kappa shape index (κ3) is 4.87. The Morgan fingerprint density at radius 3 is 2.43 bits per heavy atom. The molecule has 3 heterocycles. The molecule has 1 fully saturated rings. The maximum Gasteiger partial charge on any atom is 0.416 e. The molecule has 0 saturated carbocycles. The molecule has 5 rings (SSSR count). The molecule has 2 aromatic heterocycles. The number of carbonyl (C=O) groups excluding carboxylic acids is 1. The quantitative estimate of drug-likeness (QED) is 0.436. The van der Waals surface area contributed by atoms with Crippen LogP contribution in [-0.4, -0.2) is 47.0 Å². The average molecular weight is 503 g/mol. The zero-order valence-corrected chi connectivity index (χ0v) is 20.6. The topological polar surface area (TPSA) is 49.3 Å². The van der Waals surface area contributed by atoms with Crippen molar-refractivity contribution in [1.29, 1.82) is 0 Å². The standard InChI is InChI=1S/C26H29F3N4OS/c1-2-3-8-21-30-23(22-19-6-4-5-7-20(19)35-24(22)31-21)32-13-15-33(16-14-32)25(34)17-9-11-18(12-10-17)26(27,28)29/h9-12H,2-8,13-16H2,1H3. The van der Waals surface area contributed by atoms with Crippen molar-refractivity contribution in [1.82, 2.24) is 14.9 Å². The van der Waals surface area contributed by atoms with Gasteiger partial charge in [-0.15, -0.1) is 11.3 Å². The Morgan fingerprint density at radius 1 is 1.03 bits per heavy atom. The lowest BCUT2D eigenvalue weighted by molar-refractivity contribution is -0.137. The minimum Gasteiger partial charge on any atom is -0.352 e. The molecule has 1 aliphatic carbocycles. The molecule has 3 aromatic rings. The molecule has 0 unspecified atom stereocenters. The largest absolute Gasteiger partial charge is 0.416 e. The van der Waals surface area contributed by atoms with E-state index < -0.39 is 11.7 Å². The minimum absolute atomic E-state index is 0.234. The van der Waals surface area contributed by atoms with Crippen LogP contribution in [0.2, 0.25) is 0 Å². The number of amides is 1. The molecule has 0 atom stereocenters. The molecule has 35 heavy (non-hydrogen) atoms. The first-order chi connectivity index (χ1) is 16.8. The van der Waals surface area contributed by atoms with E-state index in [1.54, 1.807) is 4.90 Å². The van der Waals surface area contributed by atoms with Gasteiger partial charge in [0.05, 0.1) is 10.9 Å². The van der Waals surface area contributed by atoms with Crippen LogP contribution >= 0.6 is 11.3 Å². The highest BCUT2D eigenvalue weighted by Crippen LogP contribution is 2.40. The summed E-state index contributed by atoms with van der Waals surface area (Å²) in [6, 6.07) is 4.48. The second-order valence-corrected chi connectivity index (χ2v) is 10.4. The fourth-order valence-corrected chi connectivity index (χ4v) is 6.24. The van der Waals surface area contributed by atoms with Crippen molar-refractivity contribution in [3.05, 3.63) is 51.7 Å². The van der Waals surface area contributed by atoms with Gasteiger partial charge in [-0.1, -0.05) is 13.3 Å². The number of carbonyl (C=O) groups is 1. The summed E-state index contributed by atoms with van der Waals surface area (Å²) in [6.07, 6.45) is 3.15. The summed E-state index contributed by atoms with van der Waals surface area (Å²) in [5.41, 5.74) is 0.936. The summed E-state index contributed by atoms with van der Waals surface area (Å²) in [5, 5.41) is 1.19. The van der Waals surface area contributed by atoms with Crippen molar-refractivity contribution in [3.8, 4) is 0 Å². The number of rotatable bonds is 5. The Balaban J connectivity index is 1.36. The zero-order valence-electron chi connectivity index (χ0n) is 19.8. The van der Waals surface area contributed by atoms with Crippen LogP contribution in [0.4, 0.5) is 19.0 Å². The van der Waals surface area contributed by atoms with Crippen LogP contribution < -0.4 is 4.90 Å². The molecule has 1 saturated heterocycles. The molecular formula is C26H29F3N4OS. The van der Waals surface area contributed by atoms with Crippen LogP contribution in [0.5, 0.6) is 0 Å². The lowest BCUT2D eigenvalue weighted by atomic mass is 9.96. The number of benzene rings is 1. The van der Waals surface area contributed by atoms with E-state index in [0.717, 1.165) is 60.7 Å². The van der Waals surface area contributed by atoms with Crippen LogP contribution in [0.15, 0.2) is 24.3 Å². The van der Waals surface area contributed by atoms with Gasteiger partial charge in [0, 0.05) is 43.0 Å². The van der Waals surface area contributed by atoms with Gasteiger partial charge in [-0.05, 0) is 61.9 Å². The molecule has 0 radical (unpaired) electrons. The van der Waals surface area contributed by atoms with Gasteiger partial charge >= 0.3 is 6.18 Å². The molecule has 0 spiro atoms. The van der Waals surface area contributed by atoms with Crippen molar-refractivity contribution < 1.29 is 18.0 Å². The average Bonchev–Trinajstić information content (AvgIpc) is 3.25. The van der Waals surface area contributed by atoms with E-state index in [2.05, 4.69) is 11.8 Å². The molecule has 2 aliphatic rings. The Kier molecular flexibility index (Phi) is 6.70. The summed E-state index contributed by atoms with van der Waals surface area (Å²) < 4.78 is 38.6. The van der Waals surface area contributed by atoms with Crippen LogP contribution in [0.3, 0.4) is 0 Å². The first kappa shape index (κ1) is 24.0. The highest BCUT2D eigenvalue weighted by Gasteiger charge is 2.31. The number of piperazine rings is 1. The number of fused-ring (bicyclic) bond motifs is 3. The number of anilines is 1. The van der Waals surface area contributed by atoms with Crippen molar-refractivity contribution in [2.45, 2.75) is 58.0 Å². The number of thiophene rings is 1. The third-order valence-electron chi connectivity index (χ3n) is 6.92. The van der Waals surface area contributed by atoms with Gasteiger partial charge in [-0.2, -0.15) is 13.2 Å². The number of hydrogen-bond acceptors (Lipinski definition) is 5.